The highest BCUT2D eigenvalue weighted by molar-refractivity contribution is 6.05. The molecular weight excluding hydrogens is 310 g/mol. The molecule has 1 N–H and O–H groups in total. The molecule has 3 aromatic carbocycles. The molecule has 1 aliphatic rings. The average molecular weight is 331 g/mol. The van der Waals surface area contributed by atoms with Crippen LogP contribution in [0.1, 0.15) is 23.6 Å². The summed E-state index contributed by atoms with van der Waals surface area (Å²) in [4.78, 5) is 12.3. The maximum Gasteiger partial charge on any atom is 0.262 e. The predicted octanol–water partition coefficient (Wildman–Crippen LogP) is 4.52. The molecule has 0 fully saturated rings. The second kappa shape index (κ2) is 6.60. The van der Waals surface area contributed by atoms with Crippen LogP contribution >= 0.6 is 0 Å². The molecule has 0 spiro atoms. The van der Waals surface area contributed by atoms with Crippen molar-refractivity contribution in [3.8, 4) is 5.75 Å². The Hall–Kier alpha value is -2.81. The summed E-state index contributed by atoms with van der Waals surface area (Å²) in [6, 6.07) is 18.3. The van der Waals surface area contributed by atoms with Crippen LogP contribution < -0.4 is 10.1 Å². The van der Waals surface area contributed by atoms with Crippen LogP contribution in [-0.4, -0.2) is 12.5 Å². The van der Waals surface area contributed by atoms with E-state index in [1.165, 1.54) is 22.1 Å². The van der Waals surface area contributed by atoms with Gasteiger partial charge in [-0.15, -0.1) is 0 Å². The van der Waals surface area contributed by atoms with E-state index in [9.17, 15) is 4.79 Å². The molecule has 4 rings (SSSR count). The molecule has 0 heterocycles. The first-order valence-corrected chi connectivity index (χ1v) is 8.79. The SMILES string of the molecule is CCc1ccc(OCC(=O)Nc2ccc3c4c(cccc24)CC3)cc1. The van der Waals surface area contributed by atoms with Crippen molar-refractivity contribution in [2.75, 3.05) is 11.9 Å². The van der Waals surface area contributed by atoms with Crippen molar-refractivity contribution in [2.45, 2.75) is 26.2 Å². The zero-order chi connectivity index (χ0) is 17.2. The lowest BCUT2D eigenvalue weighted by Gasteiger charge is -2.11. The van der Waals surface area contributed by atoms with E-state index in [4.69, 9.17) is 4.74 Å². The number of carbonyl (C=O) groups is 1. The standard InChI is InChI=1S/C22H21NO2/c1-2-15-6-11-18(12-7-15)25-14-21(24)23-20-13-10-17-9-8-16-4-3-5-19(20)22(16)17/h3-7,10-13H,2,8-9,14H2,1H3,(H,23,24). The Kier molecular flexibility index (Phi) is 4.14. The van der Waals surface area contributed by atoms with Crippen molar-refractivity contribution in [2.24, 2.45) is 0 Å². The van der Waals surface area contributed by atoms with Gasteiger partial charge in [-0.05, 0) is 59.5 Å². The van der Waals surface area contributed by atoms with Gasteiger partial charge in [0.15, 0.2) is 6.61 Å². The fourth-order valence-electron chi connectivity index (χ4n) is 3.51. The van der Waals surface area contributed by atoms with Gasteiger partial charge in [0.2, 0.25) is 0 Å². The quantitative estimate of drug-likeness (QED) is 0.746. The van der Waals surface area contributed by atoms with Crippen LogP contribution in [-0.2, 0) is 24.1 Å². The lowest BCUT2D eigenvalue weighted by atomic mass is 10.0. The van der Waals surface area contributed by atoms with Crippen molar-refractivity contribution >= 4 is 22.4 Å². The summed E-state index contributed by atoms with van der Waals surface area (Å²) >= 11 is 0. The van der Waals surface area contributed by atoms with Crippen LogP contribution in [0, 0.1) is 0 Å². The van der Waals surface area contributed by atoms with Gasteiger partial charge < -0.3 is 10.1 Å². The van der Waals surface area contributed by atoms with Crippen molar-refractivity contribution in [1.29, 1.82) is 0 Å². The molecule has 3 aromatic rings. The fraction of sp³-hybridized carbons (Fsp3) is 0.227. The summed E-state index contributed by atoms with van der Waals surface area (Å²) in [6.45, 7) is 2.12. The van der Waals surface area contributed by atoms with Crippen LogP contribution in [0.15, 0.2) is 54.6 Å². The van der Waals surface area contributed by atoms with Crippen molar-refractivity contribution < 1.29 is 9.53 Å². The highest BCUT2D eigenvalue weighted by Gasteiger charge is 2.16. The third-order valence-corrected chi connectivity index (χ3v) is 4.85. The number of anilines is 1. The first-order valence-electron chi connectivity index (χ1n) is 8.79. The van der Waals surface area contributed by atoms with Crippen LogP contribution in [0.25, 0.3) is 10.8 Å². The van der Waals surface area contributed by atoms with Crippen LogP contribution in [0.3, 0.4) is 0 Å². The topological polar surface area (TPSA) is 38.3 Å². The number of amides is 1. The number of ether oxygens (including phenoxy) is 1. The van der Waals surface area contributed by atoms with Gasteiger partial charge in [0.25, 0.3) is 5.91 Å². The molecule has 0 aliphatic heterocycles. The summed E-state index contributed by atoms with van der Waals surface area (Å²) in [5.41, 5.74) is 4.86. The Morgan fingerprint density at radius 1 is 1.00 bits per heavy atom. The minimum atomic E-state index is -0.140. The molecule has 126 valence electrons. The highest BCUT2D eigenvalue weighted by Crippen LogP contribution is 2.34. The molecule has 0 unspecified atom stereocenters. The predicted molar refractivity (Wildman–Crippen MR) is 101 cm³/mol. The number of benzene rings is 3. The van der Waals surface area contributed by atoms with Crippen molar-refractivity contribution in [3.63, 3.8) is 0 Å². The zero-order valence-corrected chi connectivity index (χ0v) is 14.3. The number of rotatable bonds is 5. The lowest BCUT2D eigenvalue weighted by Crippen LogP contribution is -2.20. The first-order chi connectivity index (χ1) is 12.2. The zero-order valence-electron chi connectivity index (χ0n) is 14.3. The molecule has 1 aliphatic carbocycles. The molecule has 0 aromatic heterocycles. The van der Waals surface area contributed by atoms with E-state index in [0.29, 0.717) is 5.75 Å². The lowest BCUT2D eigenvalue weighted by molar-refractivity contribution is -0.118. The van der Waals surface area contributed by atoms with Gasteiger partial charge in [0.1, 0.15) is 5.75 Å². The van der Waals surface area contributed by atoms with Crippen LogP contribution in [0.4, 0.5) is 5.69 Å². The Morgan fingerprint density at radius 3 is 2.52 bits per heavy atom. The van der Waals surface area contributed by atoms with Crippen LogP contribution in [0.2, 0.25) is 0 Å². The summed E-state index contributed by atoms with van der Waals surface area (Å²) in [6.07, 6.45) is 3.16. The molecule has 3 heteroatoms. The van der Waals surface area contributed by atoms with Crippen molar-refractivity contribution in [1.82, 2.24) is 0 Å². The fourth-order valence-corrected chi connectivity index (χ4v) is 3.51. The van der Waals surface area contributed by atoms with E-state index in [2.05, 4.69) is 36.5 Å². The second-order valence-corrected chi connectivity index (χ2v) is 6.45. The third kappa shape index (κ3) is 3.10. The second-order valence-electron chi connectivity index (χ2n) is 6.45. The minimum Gasteiger partial charge on any atom is -0.484 e. The molecular formula is C22H21NO2. The van der Waals surface area contributed by atoms with Gasteiger partial charge in [-0.1, -0.05) is 43.3 Å². The molecule has 0 saturated carbocycles. The summed E-state index contributed by atoms with van der Waals surface area (Å²) in [7, 11) is 0. The smallest absolute Gasteiger partial charge is 0.262 e. The van der Waals surface area contributed by atoms with Gasteiger partial charge >= 0.3 is 0 Å². The molecule has 0 atom stereocenters. The van der Waals surface area contributed by atoms with E-state index in [-0.39, 0.29) is 12.5 Å². The molecule has 0 radical (unpaired) electrons. The summed E-state index contributed by atoms with van der Waals surface area (Å²) in [5, 5.41) is 5.42. The van der Waals surface area contributed by atoms with E-state index in [1.54, 1.807) is 0 Å². The van der Waals surface area contributed by atoms with E-state index < -0.39 is 0 Å². The van der Waals surface area contributed by atoms with Crippen LogP contribution in [0.5, 0.6) is 5.75 Å². The molecule has 0 bridgehead atoms. The third-order valence-electron chi connectivity index (χ3n) is 4.85. The number of carbonyl (C=O) groups excluding carboxylic acids is 1. The Balaban J connectivity index is 1.47. The van der Waals surface area contributed by atoms with E-state index in [0.717, 1.165) is 30.3 Å². The maximum absolute atomic E-state index is 12.3. The van der Waals surface area contributed by atoms with Gasteiger partial charge in [-0.3, -0.25) is 4.79 Å². The number of aryl methyl sites for hydroxylation is 3. The van der Waals surface area contributed by atoms with E-state index >= 15 is 0 Å². The number of hydrogen-bond donors (Lipinski definition) is 1. The van der Waals surface area contributed by atoms with Crippen molar-refractivity contribution in [3.05, 3.63) is 71.3 Å². The van der Waals surface area contributed by atoms with Gasteiger partial charge in [-0.25, -0.2) is 0 Å². The average Bonchev–Trinajstić information content (AvgIpc) is 3.07. The Labute approximate surface area is 147 Å². The summed E-state index contributed by atoms with van der Waals surface area (Å²) < 4.78 is 5.60. The highest BCUT2D eigenvalue weighted by atomic mass is 16.5. The summed E-state index contributed by atoms with van der Waals surface area (Å²) in [5.74, 6) is 0.575. The number of hydrogen-bond acceptors (Lipinski definition) is 2. The Bertz CT molecular complexity index is 918. The minimum absolute atomic E-state index is 0.00834. The van der Waals surface area contributed by atoms with Gasteiger partial charge in [0, 0.05) is 11.1 Å². The number of nitrogens with one attached hydrogen (secondary N) is 1. The molecule has 25 heavy (non-hydrogen) atoms. The normalized spacial score (nSPS) is 12.4. The first kappa shape index (κ1) is 15.7. The largest absolute Gasteiger partial charge is 0.484 e. The Morgan fingerprint density at radius 2 is 1.76 bits per heavy atom. The molecule has 3 nitrogen and oxygen atoms in total. The maximum atomic E-state index is 12.3. The monoisotopic (exact) mass is 331 g/mol. The molecule has 1 amide bonds. The molecule has 0 saturated heterocycles. The van der Waals surface area contributed by atoms with Gasteiger partial charge in [-0.2, -0.15) is 0 Å². The van der Waals surface area contributed by atoms with E-state index in [1.807, 2.05) is 30.3 Å². The van der Waals surface area contributed by atoms with Gasteiger partial charge in [0.05, 0.1) is 0 Å².